The van der Waals surface area contributed by atoms with E-state index in [9.17, 15) is 60.7 Å². The van der Waals surface area contributed by atoms with Crippen molar-refractivity contribution in [3.63, 3.8) is 0 Å². The van der Waals surface area contributed by atoms with Gasteiger partial charge in [-0.05, 0) is 0 Å². The van der Waals surface area contributed by atoms with Crippen molar-refractivity contribution in [2.45, 2.75) is 11.6 Å². The maximum Gasteiger partial charge on any atom is 0.762 e. The second kappa shape index (κ2) is 7.60. The van der Waals surface area contributed by atoms with Gasteiger partial charge in [0.25, 0.3) is 11.9 Å². The minimum atomic E-state index is -4.18. The summed E-state index contributed by atoms with van der Waals surface area (Å²) >= 11 is 0. The summed E-state index contributed by atoms with van der Waals surface area (Å²) in [5.74, 6) is -13.4. The number of H-pyrrole nitrogens is 2. The third-order valence-electron chi connectivity index (χ3n) is 3.34. The van der Waals surface area contributed by atoms with Crippen LogP contribution in [0.25, 0.3) is 0 Å². The summed E-state index contributed by atoms with van der Waals surface area (Å²) < 4.78 is 0. The van der Waals surface area contributed by atoms with Gasteiger partial charge >= 0.3 is 23.2 Å². The zero-order chi connectivity index (χ0) is 24.4. The topological polar surface area (TPSA) is 367 Å². The van der Waals surface area contributed by atoms with Gasteiger partial charge in [0, 0.05) is 0 Å². The van der Waals surface area contributed by atoms with Crippen molar-refractivity contribution < 1.29 is 29.5 Å². The normalized spacial score (nSPS) is 11.9. The first kappa shape index (κ1) is 22.6. The van der Waals surface area contributed by atoms with Crippen molar-refractivity contribution in [3.05, 3.63) is 72.3 Å². The average Bonchev–Trinajstić information content (AvgIpc) is 3.29. The molecule has 0 fully saturated rings. The molecule has 32 heavy (non-hydrogen) atoms. The highest BCUT2D eigenvalue weighted by Crippen LogP contribution is 2.26. The van der Waals surface area contributed by atoms with Gasteiger partial charge in [-0.2, -0.15) is 9.97 Å². The van der Waals surface area contributed by atoms with Crippen LogP contribution in [0.15, 0.2) is 10.2 Å². The molecule has 26 heteroatoms. The molecule has 2 aromatic rings. The quantitative estimate of drug-likeness (QED) is 0.170. The Morgan fingerprint density at radius 3 is 1.03 bits per heavy atom. The van der Waals surface area contributed by atoms with Crippen LogP contribution in [0.3, 0.4) is 0 Å². The molecule has 0 aliphatic rings. The van der Waals surface area contributed by atoms with Gasteiger partial charge in [-0.25, -0.2) is 10.2 Å². The van der Waals surface area contributed by atoms with Crippen LogP contribution in [-0.4, -0.2) is 59.9 Å². The van der Waals surface area contributed by atoms with E-state index in [1.807, 2.05) is 0 Å². The third kappa shape index (κ3) is 3.09. The van der Waals surface area contributed by atoms with Crippen LogP contribution in [0.2, 0.25) is 0 Å². The molecule has 0 radical (unpaired) electrons. The lowest BCUT2D eigenvalue weighted by atomic mass is 10.3. The molecule has 0 amide bonds. The monoisotopic (exact) mass is 462 g/mol. The fourth-order valence-corrected chi connectivity index (χ4v) is 1.90. The first-order valence-corrected chi connectivity index (χ1v) is 6.97. The van der Waals surface area contributed by atoms with E-state index in [1.54, 1.807) is 10.2 Å². The highest BCUT2D eigenvalue weighted by molar-refractivity contribution is 5.17. The zero-order valence-corrected chi connectivity index (χ0v) is 14.3. The van der Waals surface area contributed by atoms with Gasteiger partial charge in [0.15, 0.2) is 29.5 Å². The number of azo groups is 1. The molecule has 0 spiro atoms. The highest BCUT2D eigenvalue weighted by atomic mass is 16.7. The number of aromatic amines is 2. The van der Waals surface area contributed by atoms with E-state index in [2.05, 4.69) is 30.4 Å². The van der Waals surface area contributed by atoms with Gasteiger partial charge in [-0.15, -0.1) is 20.4 Å². The summed E-state index contributed by atoms with van der Waals surface area (Å²) in [5.41, 5.74) is 0. The molecule has 0 unspecified atom stereocenters. The van der Waals surface area contributed by atoms with E-state index in [-0.39, 0.29) is 0 Å². The molecule has 168 valence electrons. The summed E-state index contributed by atoms with van der Waals surface area (Å²) in [6.45, 7) is 0. The molecular formula is C6H2N14O12. The molecule has 2 aromatic heterocycles. The van der Waals surface area contributed by atoms with Gasteiger partial charge in [0.05, 0.1) is 0 Å². The standard InChI is InChI=1S/C6H2N14O12/c21-15(22)5(16(23)24,17(25)26)1-7-3(11-9-1)13-14-4-8-2(10-12-4)6(18(27)28,19(29)30)20(31)32/h(H,7,9,11)(H,8,10,12). The molecule has 0 aliphatic heterocycles. The smallest absolute Gasteiger partial charge is 0.252 e. The molecule has 0 saturated heterocycles. The number of nitro groups is 6. The van der Waals surface area contributed by atoms with Gasteiger partial charge < -0.3 is 0 Å². The van der Waals surface area contributed by atoms with Crippen LogP contribution in [0.1, 0.15) is 11.6 Å². The van der Waals surface area contributed by atoms with Crippen LogP contribution in [-0.2, 0) is 11.6 Å². The first-order valence-electron chi connectivity index (χ1n) is 6.97. The van der Waals surface area contributed by atoms with Crippen molar-refractivity contribution in [2.75, 3.05) is 0 Å². The number of hydrogen-bond donors (Lipinski definition) is 2. The van der Waals surface area contributed by atoms with E-state index >= 15 is 0 Å². The molecule has 2 heterocycles. The summed E-state index contributed by atoms with van der Waals surface area (Å²) in [4.78, 5) is 60.5. The van der Waals surface area contributed by atoms with Gasteiger partial charge in [-0.1, -0.05) is 0 Å². The van der Waals surface area contributed by atoms with E-state index in [1.165, 1.54) is 0 Å². The second-order valence-electron chi connectivity index (χ2n) is 4.98. The lowest BCUT2D eigenvalue weighted by Gasteiger charge is -2.04. The summed E-state index contributed by atoms with van der Waals surface area (Å²) in [6, 6.07) is 0. The Hall–Kier alpha value is -5.72. The summed E-state index contributed by atoms with van der Waals surface area (Å²) in [6.07, 6.45) is 0. The minimum absolute atomic E-state index is 1.01. The Balaban J connectivity index is 2.44. The van der Waals surface area contributed by atoms with E-state index in [0.29, 0.717) is 0 Å². The average molecular weight is 462 g/mol. The number of hydrogen-bond acceptors (Lipinski definition) is 18. The molecule has 0 aromatic carbocycles. The number of aromatic nitrogens is 6. The fraction of sp³-hybridized carbons (Fsp3) is 0.333. The first-order chi connectivity index (χ1) is 14.8. The Bertz CT molecular complexity index is 1010. The molecule has 0 aliphatic carbocycles. The van der Waals surface area contributed by atoms with Crippen LogP contribution < -0.4 is 0 Å². The predicted molar refractivity (Wildman–Crippen MR) is 82.3 cm³/mol. The number of nitrogens with zero attached hydrogens (tertiary/aromatic N) is 12. The Kier molecular flexibility index (Phi) is 5.36. The number of rotatable bonds is 10. The van der Waals surface area contributed by atoms with E-state index in [0.717, 1.165) is 0 Å². The largest absolute Gasteiger partial charge is 0.762 e. The van der Waals surface area contributed by atoms with Crippen molar-refractivity contribution in [3.8, 4) is 0 Å². The van der Waals surface area contributed by atoms with E-state index in [4.69, 9.17) is 0 Å². The fourth-order valence-electron chi connectivity index (χ4n) is 1.90. The van der Waals surface area contributed by atoms with Crippen LogP contribution in [0, 0.1) is 60.7 Å². The van der Waals surface area contributed by atoms with Crippen LogP contribution >= 0.6 is 0 Å². The third-order valence-corrected chi connectivity index (χ3v) is 3.34. The molecule has 2 rings (SSSR count). The van der Waals surface area contributed by atoms with E-state index < -0.39 is 64.7 Å². The van der Waals surface area contributed by atoms with Gasteiger partial charge in [-0.3, -0.25) is 60.7 Å². The molecular weight excluding hydrogens is 460 g/mol. The van der Waals surface area contributed by atoms with Crippen molar-refractivity contribution in [2.24, 2.45) is 10.2 Å². The SMILES string of the molecule is O=[N+]([O-])C(c1nc(N=Nc2n[nH]c(C([N+](=O)[O-])([N+](=O)[O-])[N+](=O)[O-])n2)n[nH]1)([N+](=O)[O-])[N+](=O)[O-]. The molecule has 2 N–H and O–H groups in total. The Morgan fingerprint density at radius 1 is 0.562 bits per heavy atom. The second-order valence-corrected chi connectivity index (χ2v) is 4.98. The van der Waals surface area contributed by atoms with Crippen molar-refractivity contribution in [1.29, 1.82) is 0 Å². The molecule has 0 atom stereocenters. The maximum atomic E-state index is 10.9. The van der Waals surface area contributed by atoms with Gasteiger partial charge in [0.1, 0.15) is 0 Å². The number of nitrogens with one attached hydrogen (secondary N) is 2. The molecule has 26 nitrogen and oxygen atoms in total. The predicted octanol–water partition coefficient (Wildman–Crippen LogP) is -1.78. The van der Waals surface area contributed by atoms with Crippen LogP contribution in [0.5, 0.6) is 0 Å². The lowest BCUT2D eigenvalue weighted by molar-refractivity contribution is -0.987. The summed E-state index contributed by atoms with van der Waals surface area (Å²) in [7, 11) is 0. The van der Waals surface area contributed by atoms with Crippen LogP contribution in [0.4, 0.5) is 11.9 Å². The highest BCUT2D eigenvalue weighted by Gasteiger charge is 2.77. The Morgan fingerprint density at radius 2 is 0.812 bits per heavy atom. The maximum absolute atomic E-state index is 10.9. The van der Waals surface area contributed by atoms with Gasteiger partial charge in [0.2, 0.25) is 0 Å². The molecule has 0 bridgehead atoms. The van der Waals surface area contributed by atoms with Crippen molar-refractivity contribution in [1.82, 2.24) is 30.4 Å². The Labute approximate surface area is 167 Å². The summed E-state index contributed by atoms with van der Waals surface area (Å²) in [5, 5.41) is 81.1. The minimum Gasteiger partial charge on any atom is -0.252 e. The van der Waals surface area contributed by atoms with Crippen molar-refractivity contribution >= 4 is 11.9 Å². The zero-order valence-electron chi connectivity index (χ0n) is 14.3. The lowest BCUT2D eigenvalue weighted by Crippen LogP contribution is -2.51. The molecule has 0 saturated carbocycles.